The van der Waals surface area contributed by atoms with Gasteiger partial charge in [0, 0.05) is 10.5 Å². The van der Waals surface area contributed by atoms with Gasteiger partial charge in [-0.2, -0.15) is 0 Å². The number of anilines is 1. The Morgan fingerprint density at radius 3 is 2.48 bits per heavy atom. The lowest BCUT2D eigenvalue weighted by molar-refractivity contribution is 0.374. The Labute approximate surface area is 143 Å². The summed E-state index contributed by atoms with van der Waals surface area (Å²) in [6, 6.07) is 10.8. The van der Waals surface area contributed by atoms with Crippen LogP contribution in [0.2, 0.25) is 10.3 Å². The summed E-state index contributed by atoms with van der Waals surface area (Å²) in [5, 5.41) is 4.38. The molecule has 1 saturated carbocycles. The number of nitrogens with zero attached hydrogens (tertiary/aromatic N) is 1. The zero-order valence-corrected chi connectivity index (χ0v) is 14.6. The maximum absolute atomic E-state index is 6.17. The van der Waals surface area contributed by atoms with E-state index in [0.29, 0.717) is 22.3 Å². The van der Waals surface area contributed by atoms with Crippen molar-refractivity contribution in [3.63, 3.8) is 0 Å². The number of hydrogen-bond acceptors (Lipinski definition) is 2. The molecular weight excluding hydrogens is 371 g/mol. The third-order valence-corrected chi connectivity index (χ3v) is 4.96. The molecule has 1 heterocycles. The van der Waals surface area contributed by atoms with Gasteiger partial charge >= 0.3 is 0 Å². The maximum atomic E-state index is 6.17. The molecule has 0 unspecified atom stereocenters. The first-order valence-electron chi connectivity index (χ1n) is 6.87. The molecule has 21 heavy (non-hydrogen) atoms. The van der Waals surface area contributed by atoms with Gasteiger partial charge in [0.05, 0.1) is 5.69 Å². The van der Waals surface area contributed by atoms with Crippen molar-refractivity contribution in [3.8, 4) is 0 Å². The van der Waals surface area contributed by atoms with Crippen molar-refractivity contribution in [2.45, 2.75) is 31.7 Å². The van der Waals surface area contributed by atoms with Gasteiger partial charge in [0.15, 0.2) is 5.15 Å². The molecular formula is C16H15BrCl2N2. The van der Waals surface area contributed by atoms with Gasteiger partial charge in [0.1, 0.15) is 5.15 Å². The van der Waals surface area contributed by atoms with Crippen LogP contribution in [0.25, 0.3) is 0 Å². The summed E-state index contributed by atoms with van der Waals surface area (Å²) >= 11 is 15.5. The fourth-order valence-corrected chi connectivity index (χ4v) is 3.57. The lowest BCUT2D eigenvalue weighted by Crippen LogP contribution is -2.34. The lowest BCUT2D eigenvalue weighted by Gasteiger charge is -2.37. The summed E-state index contributed by atoms with van der Waals surface area (Å²) in [5.41, 5.74) is 3.33. The van der Waals surface area contributed by atoms with Crippen molar-refractivity contribution in [3.05, 3.63) is 56.2 Å². The van der Waals surface area contributed by atoms with Crippen LogP contribution in [0.5, 0.6) is 0 Å². The van der Waals surface area contributed by atoms with Crippen LogP contribution in [-0.4, -0.2) is 11.0 Å². The van der Waals surface area contributed by atoms with Crippen LogP contribution in [0, 0.1) is 6.92 Å². The highest BCUT2D eigenvalue weighted by molar-refractivity contribution is 9.10. The van der Waals surface area contributed by atoms with E-state index in [2.05, 4.69) is 50.5 Å². The van der Waals surface area contributed by atoms with Gasteiger partial charge in [-0.1, -0.05) is 51.3 Å². The van der Waals surface area contributed by atoms with Crippen molar-refractivity contribution < 1.29 is 0 Å². The molecule has 1 N–H and O–H groups in total. The molecule has 1 aliphatic carbocycles. The van der Waals surface area contributed by atoms with Crippen LogP contribution in [0.4, 0.5) is 5.69 Å². The largest absolute Gasteiger partial charge is 0.380 e. The van der Waals surface area contributed by atoms with Gasteiger partial charge in [0.2, 0.25) is 0 Å². The van der Waals surface area contributed by atoms with Gasteiger partial charge in [0.25, 0.3) is 0 Å². The molecule has 0 bridgehead atoms. The van der Waals surface area contributed by atoms with Crippen LogP contribution in [0.15, 0.2) is 34.8 Å². The summed E-state index contributed by atoms with van der Waals surface area (Å²) in [5.74, 6) is 0.620. The van der Waals surface area contributed by atoms with E-state index in [0.717, 1.165) is 28.6 Å². The summed E-state index contributed by atoms with van der Waals surface area (Å²) in [7, 11) is 0. The minimum absolute atomic E-state index is 0.435. The van der Waals surface area contributed by atoms with Gasteiger partial charge in [-0.25, -0.2) is 4.98 Å². The van der Waals surface area contributed by atoms with E-state index in [9.17, 15) is 0 Å². The third kappa shape index (κ3) is 3.36. The molecule has 3 rings (SSSR count). The summed E-state index contributed by atoms with van der Waals surface area (Å²) in [6.07, 6.45) is 2.22. The van der Waals surface area contributed by atoms with Crippen molar-refractivity contribution in [1.29, 1.82) is 0 Å². The Balaban J connectivity index is 1.64. The van der Waals surface area contributed by atoms with E-state index < -0.39 is 0 Å². The molecule has 5 heteroatoms. The van der Waals surface area contributed by atoms with E-state index in [1.54, 1.807) is 0 Å². The predicted molar refractivity (Wildman–Crippen MR) is 92.5 cm³/mol. The molecule has 1 aliphatic rings. The Hall–Kier alpha value is -0.770. The minimum Gasteiger partial charge on any atom is -0.380 e. The normalized spacial score (nSPS) is 21.0. The zero-order chi connectivity index (χ0) is 15.0. The zero-order valence-electron chi connectivity index (χ0n) is 11.5. The summed E-state index contributed by atoms with van der Waals surface area (Å²) in [6.45, 7) is 1.99. The molecule has 0 amide bonds. The van der Waals surface area contributed by atoms with E-state index in [4.69, 9.17) is 23.2 Å². The standard InChI is InChI=1S/C16H15BrCl2N2/c1-9-6-14(18)21-16(19)15(9)20-13-7-11(8-13)10-2-4-12(17)5-3-10/h2-6,11,13,20H,7-8H2,1H3. The Kier molecular flexibility index (Phi) is 4.43. The molecule has 0 radical (unpaired) electrons. The number of rotatable bonds is 3. The molecule has 0 spiro atoms. The van der Waals surface area contributed by atoms with E-state index in [1.807, 2.05) is 13.0 Å². The highest BCUT2D eigenvalue weighted by Gasteiger charge is 2.31. The number of aromatic nitrogens is 1. The van der Waals surface area contributed by atoms with Crippen molar-refractivity contribution in [2.24, 2.45) is 0 Å². The second-order valence-corrected chi connectivity index (χ2v) is 7.15. The SMILES string of the molecule is Cc1cc(Cl)nc(Cl)c1NC1CC(c2ccc(Br)cc2)C1. The monoisotopic (exact) mass is 384 g/mol. The smallest absolute Gasteiger partial charge is 0.154 e. The van der Waals surface area contributed by atoms with Crippen LogP contribution in [0.1, 0.15) is 29.9 Å². The fourth-order valence-electron chi connectivity index (χ4n) is 2.72. The van der Waals surface area contributed by atoms with E-state index in [1.165, 1.54) is 5.56 Å². The molecule has 1 aromatic carbocycles. The average molecular weight is 386 g/mol. The van der Waals surface area contributed by atoms with Gasteiger partial charge in [-0.15, -0.1) is 0 Å². The molecule has 0 atom stereocenters. The number of aryl methyl sites for hydroxylation is 1. The number of nitrogens with one attached hydrogen (secondary N) is 1. The molecule has 2 aromatic rings. The molecule has 2 nitrogen and oxygen atoms in total. The number of halogens is 3. The fraction of sp³-hybridized carbons (Fsp3) is 0.312. The number of benzene rings is 1. The maximum Gasteiger partial charge on any atom is 0.154 e. The molecule has 0 aliphatic heterocycles. The second kappa shape index (κ2) is 6.15. The highest BCUT2D eigenvalue weighted by atomic mass is 79.9. The Bertz CT molecular complexity index is 629. The first kappa shape index (κ1) is 15.1. The van der Waals surface area contributed by atoms with Crippen molar-refractivity contribution >= 4 is 44.8 Å². The first-order chi connectivity index (χ1) is 10.0. The highest BCUT2D eigenvalue weighted by Crippen LogP contribution is 2.40. The molecule has 0 saturated heterocycles. The lowest BCUT2D eigenvalue weighted by atomic mass is 9.76. The van der Waals surface area contributed by atoms with Crippen LogP contribution < -0.4 is 5.32 Å². The number of pyridine rings is 1. The summed E-state index contributed by atoms with van der Waals surface area (Å²) < 4.78 is 1.12. The van der Waals surface area contributed by atoms with Crippen LogP contribution in [0.3, 0.4) is 0 Å². The molecule has 110 valence electrons. The van der Waals surface area contributed by atoms with E-state index >= 15 is 0 Å². The quantitative estimate of drug-likeness (QED) is 0.673. The second-order valence-electron chi connectivity index (χ2n) is 5.49. The Morgan fingerprint density at radius 2 is 1.86 bits per heavy atom. The van der Waals surface area contributed by atoms with Gasteiger partial charge < -0.3 is 5.32 Å². The predicted octanol–water partition coefficient (Wildman–Crippen LogP) is 5.82. The number of hydrogen-bond donors (Lipinski definition) is 1. The topological polar surface area (TPSA) is 24.9 Å². The van der Waals surface area contributed by atoms with E-state index in [-0.39, 0.29) is 0 Å². The van der Waals surface area contributed by atoms with Gasteiger partial charge in [-0.3, -0.25) is 0 Å². The van der Waals surface area contributed by atoms with Crippen molar-refractivity contribution in [1.82, 2.24) is 4.98 Å². The minimum atomic E-state index is 0.435. The van der Waals surface area contributed by atoms with Gasteiger partial charge in [-0.05, 0) is 55.0 Å². The average Bonchev–Trinajstić information content (AvgIpc) is 2.37. The molecule has 1 aromatic heterocycles. The third-order valence-electron chi connectivity index (χ3n) is 3.97. The van der Waals surface area contributed by atoms with Crippen LogP contribution >= 0.6 is 39.1 Å². The molecule has 1 fully saturated rings. The van der Waals surface area contributed by atoms with Crippen LogP contribution in [-0.2, 0) is 0 Å². The van der Waals surface area contributed by atoms with Crippen molar-refractivity contribution in [2.75, 3.05) is 5.32 Å². The summed E-state index contributed by atoms with van der Waals surface area (Å²) in [4.78, 5) is 4.10. The Morgan fingerprint density at radius 1 is 1.19 bits per heavy atom. The first-order valence-corrected chi connectivity index (χ1v) is 8.42.